The molecule has 2 aromatic heterocycles. The quantitative estimate of drug-likeness (QED) is 0.724. The minimum Gasteiger partial charge on any atom is -0.465 e. The lowest BCUT2D eigenvalue weighted by atomic mass is 9.94. The third kappa shape index (κ3) is 5.65. The van der Waals surface area contributed by atoms with Gasteiger partial charge in [-0.2, -0.15) is 0 Å². The summed E-state index contributed by atoms with van der Waals surface area (Å²) in [6.45, 7) is 8.64. The maximum absolute atomic E-state index is 12.5. The molecule has 1 aliphatic rings. The smallest absolute Gasteiger partial charge is 0.410 e. The number of nitrogens with one attached hydrogen (secondary N) is 1. The molecule has 1 aliphatic heterocycles. The van der Waals surface area contributed by atoms with Gasteiger partial charge < -0.3 is 19.7 Å². The number of carbonyl (C=O) groups is 2. The van der Waals surface area contributed by atoms with Gasteiger partial charge in [0.25, 0.3) is 0 Å². The number of piperidine rings is 1. The van der Waals surface area contributed by atoms with Crippen molar-refractivity contribution in [2.24, 2.45) is 0 Å². The van der Waals surface area contributed by atoms with Gasteiger partial charge in [0, 0.05) is 25.1 Å². The van der Waals surface area contributed by atoms with Gasteiger partial charge in [-0.1, -0.05) is 11.3 Å². The van der Waals surface area contributed by atoms with Crippen LogP contribution < -0.4 is 5.32 Å². The van der Waals surface area contributed by atoms with E-state index in [4.69, 9.17) is 9.47 Å². The minimum absolute atomic E-state index is 0.0930. The van der Waals surface area contributed by atoms with Gasteiger partial charge in [0.2, 0.25) is 0 Å². The molecule has 1 amide bonds. The van der Waals surface area contributed by atoms with Crippen molar-refractivity contribution in [1.82, 2.24) is 19.9 Å². The molecule has 10 heteroatoms. The van der Waals surface area contributed by atoms with Gasteiger partial charge in [-0.15, -0.1) is 0 Å². The molecular weight excluding hydrogens is 406 g/mol. The van der Waals surface area contributed by atoms with Crippen molar-refractivity contribution in [2.45, 2.75) is 52.1 Å². The molecule has 0 aromatic carbocycles. The van der Waals surface area contributed by atoms with Crippen LogP contribution >= 0.6 is 11.3 Å². The summed E-state index contributed by atoms with van der Waals surface area (Å²) in [5.41, 5.74) is 0.339. The monoisotopic (exact) mass is 433 g/mol. The molecule has 3 heterocycles. The average Bonchev–Trinajstić information content (AvgIpc) is 3.14. The number of ether oxygens (including phenoxy) is 2. The highest BCUT2D eigenvalue weighted by Crippen LogP contribution is 2.29. The first-order chi connectivity index (χ1) is 14.1. The Balaban J connectivity index is 1.73. The fourth-order valence-electron chi connectivity index (χ4n) is 3.21. The van der Waals surface area contributed by atoms with Crippen molar-refractivity contribution in [3.05, 3.63) is 28.7 Å². The molecule has 1 unspecified atom stereocenters. The molecule has 0 radical (unpaired) electrons. The highest BCUT2D eigenvalue weighted by molar-refractivity contribution is 7.17. The number of anilines is 2. The van der Waals surface area contributed by atoms with E-state index in [2.05, 4.69) is 20.3 Å². The van der Waals surface area contributed by atoms with Crippen LogP contribution in [0.3, 0.4) is 0 Å². The van der Waals surface area contributed by atoms with Gasteiger partial charge in [0.1, 0.15) is 22.1 Å². The molecule has 2 aromatic rings. The van der Waals surface area contributed by atoms with Gasteiger partial charge in [-0.05, 0) is 40.5 Å². The van der Waals surface area contributed by atoms with Crippen LogP contribution in [0.5, 0.6) is 0 Å². The first-order valence-corrected chi connectivity index (χ1v) is 10.6. The lowest BCUT2D eigenvalue weighted by Crippen LogP contribution is -2.42. The second-order valence-corrected chi connectivity index (χ2v) is 9.17. The molecule has 9 nitrogen and oxygen atoms in total. The maximum atomic E-state index is 12.5. The van der Waals surface area contributed by atoms with Crippen molar-refractivity contribution in [3.8, 4) is 0 Å². The molecule has 0 saturated carbocycles. The molecule has 0 bridgehead atoms. The van der Waals surface area contributed by atoms with Gasteiger partial charge in [0.15, 0.2) is 5.13 Å². The first-order valence-electron chi connectivity index (χ1n) is 9.79. The van der Waals surface area contributed by atoms with Crippen molar-refractivity contribution < 1.29 is 19.1 Å². The highest BCUT2D eigenvalue weighted by atomic mass is 32.1. The summed E-state index contributed by atoms with van der Waals surface area (Å²) in [5, 5.41) is 3.67. The van der Waals surface area contributed by atoms with Crippen LogP contribution in [0, 0.1) is 6.92 Å². The lowest BCUT2D eigenvalue weighted by molar-refractivity contribution is 0.0197. The molecule has 162 valence electrons. The molecule has 0 spiro atoms. The van der Waals surface area contributed by atoms with Gasteiger partial charge in [-0.25, -0.2) is 24.5 Å². The lowest BCUT2D eigenvalue weighted by Gasteiger charge is -2.34. The number of amides is 1. The first kappa shape index (κ1) is 21.9. The van der Waals surface area contributed by atoms with Crippen LogP contribution in [0.4, 0.5) is 15.7 Å². The second-order valence-electron chi connectivity index (χ2n) is 8.14. The number of thiazole rings is 1. The summed E-state index contributed by atoms with van der Waals surface area (Å²) in [6.07, 6.45) is 2.98. The Morgan fingerprint density at radius 3 is 2.77 bits per heavy atom. The van der Waals surface area contributed by atoms with E-state index in [9.17, 15) is 9.59 Å². The predicted molar refractivity (Wildman–Crippen MR) is 113 cm³/mol. The number of esters is 1. The summed E-state index contributed by atoms with van der Waals surface area (Å²) in [6, 6.07) is 1.87. The van der Waals surface area contributed by atoms with E-state index in [0.717, 1.165) is 18.5 Å². The summed E-state index contributed by atoms with van der Waals surface area (Å²) in [5.74, 6) is 0.881. The van der Waals surface area contributed by atoms with Crippen LogP contribution in [-0.2, 0) is 9.47 Å². The SMILES string of the molecule is COC(=O)c1cnc(Nc2cc(C3CCCN(C(=O)OC(C)(C)C)C3)nc(C)n2)s1. The molecule has 1 atom stereocenters. The van der Waals surface area contributed by atoms with Crippen molar-refractivity contribution in [2.75, 3.05) is 25.5 Å². The van der Waals surface area contributed by atoms with Crippen molar-refractivity contribution >= 4 is 34.3 Å². The third-order valence-electron chi connectivity index (χ3n) is 4.48. The fraction of sp³-hybridized carbons (Fsp3) is 0.550. The van der Waals surface area contributed by atoms with Crippen LogP contribution in [0.25, 0.3) is 0 Å². The second kappa shape index (κ2) is 8.95. The molecular formula is C20H27N5O4S. The van der Waals surface area contributed by atoms with E-state index >= 15 is 0 Å². The summed E-state index contributed by atoms with van der Waals surface area (Å²) in [4.78, 5) is 39.4. The van der Waals surface area contributed by atoms with Crippen LogP contribution in [0.15, 0.2) is 12.3 Å². The number of rotatable bonds is 4. The Kier molecular flexibility index (Phi) is 6.55. The number of nitrogens with zero attached hydrogens (tertiary/aromatic N) is 4. The molecule has 1 saturated heterocycles. The van der Waals surface area contributed by atoms with E-state index in [1.807, 2.05) is 33.8 Å². The number of carbonyl (C=O) groups excluding carboxylic acids is 2. The molecule has 30 heavy (non-hydrogen) atoms. The normalized spacial score (nSPS) is 16.8. The zero-order valence-electron chi connectivity index (χ0n) is 17.9. The van der Waals surface area contributed by atoms with Gasteiger partial charge in [0.05, 0.1) is 19.0 Å². The topological polar surface area (TPSA) is 107 Å². The van der Waals surface area contributed by atoms with Crippen LogP contribution in [0.2, 0.25) is 0 Å². The molecule has 3 rings (SSSR count). The van der Waals surface area contributed by atoms with E-state index in [0.29, 0.717) is 34.7 Å². The van der Waals surface area contributed by atoms with E-state index < -0.39 is 11.6 Å². The zero-order valence-corrected chi connectivity index (χ0v) is 18.7. The maximum Gasteiger partial charge on any atom is 0.410 e. The van der Waals surface area contributed by atoms with E-state index in [1.165, 1.54) is 24.6 Å². The van der Waals surface area contributed by atoms with Gasteiger partial charge in [-0.3, -0.25) is 0 Å². The Hall–Kier alpha value is -2.75. The van der Waals surface area contributed by atoms with Crippen molar-refractivity contribution in [3.63, 3.8) is 0 Å². The Bertz CT molecular complexity index is 924. The largest absolute Gasteiger partial charge is 0.465 e. The Morgan fingerprint density at radius 2 is 2.07 bits per heavy atom. The average molecular weight is 434 g/mol. The highest BCUT2D eigenvalue weighted by Gasteiger charge is 2.29. The predicted octanol–water partition coefficient (Wildman–Crippen LogP) is 3.89. The Morgan fingerprint density at radius 1 is 1.30 bits per heavy atom. The van der Waals surface area contributed by atoms with Gasteiger partial charge >= 0.3 is 12.1 Å². The number of aromatic nitrogens is 3. The minimum atomic E-state index is -0.524. The zero-order chi connectivity index (χ0) is 21.9. The molecule has 1 fully saturated rings. The number of methoxy groups -OCH3 is 1. The number of likely N-dealkylation sites (tertiary alicyclic amines) is 1. The molecule has 0 aliphatic carbocycles. The number of aryl methyl sites for hydroxylation is 1. The summed E-state index contributed by atoms with van der Waals surface area (Å²) < 4.78 is 10.2. The van der Waals surface area contributed by atoms with Crippen LogP contribution in [0.1, 0.15) is 60.7 Å². The number of hydrogen-bond donors (Lipinski definition) is 1. The van der Waals surface area contributed by atoms with Crippen LogP contribution in [-0.4, -0.2) is 57.7 Å². The number of hydrogen-bond acceptors (Lipinski definition) is 9. The van der Waals surface area contributed by atoms with E-state index in [1.54, 1.807) is 4.90 Å². The summed E-state index contributed by atoms with van der Waals surface area (Å²) in [7, 11) is 1.33. The van der Waals surface area contributed by atoms with Crippen molar-refractivity contribution in [1.29, 1.82) is 0 Å². The fourth-order valence-corrected chi connectivity index (χ4v) is 3.95. The summed E-state index contributed by atoms with van der Waals surface area (Å²) >= 11 is 1.19. The molecule has 1 N–H and O–H groups in total. The standard InChI is InChI=1S/C20H27N5O4S/c1-12-22-14(13-7-6-8-25(11-13)19(27)29-20(2,3)4)9-16(23-12)24-18-21-10-15(30-18)17(26)28-5/h9-10,13H,6-8,11H2,1-5H3,(H,21,22,23,24). The third-order valence-corrected chi connectivity index (χ3v) is 5.37. The van der Waals surface area contributed by atoms with E-state index in [-0.39, 0.29) is 12.0 Å². The Labute approximate surface area is 179 Å².